The first kappa shape index (κ1) is 8.46. The maximum absolute atomic E-state index is 5.68. The average Bonchev–Trinajstić information content (AvgIpc) is 2.17. The van der Waals surface area contributed by atoms with Crippen LogP contribution in [0.5, 0.6) is 0 Å². The Balaban J connectivity index is 3.02. The fourth-order valence-electron chi connectivity index (χ4n) is 0.937. The molecule has 0 fully saturated rings. The van der Waals surface area contributed by atoms with Gasteiger partial charge in [0, 0.05) is 7.05 Å². The second-order valence-corrected chi connectivity index (χ2v) is 3.63. The van der Waals surface area contributed by atoms with E-state index in [9.17, 15) is 0 Å². The number of nitrogens with two attached hydrogens (primary N) is 1. The Morgan fingerprint density at radius 3 is 2.64 bits per heavy atom. The van der Waals surface area contributed by atoms with Gasteiger partial charge in [-0.1, -0.05) is 6.92 Å². The summed E-state index contributed by atoms with van der Waals surface area (Å²) in [4.78, 5) is 1.12. The number of nitrogens with zero attached hydrogens (tertiary/aromatic N) is 2. The van der Waals surface area contributed by atoms with Crippen molar-refractivity contribution in [1.82, 2.24) is 9.78 Å². The van der Waals surface area contributed by atoms with E-state index in [1.807, 2.05) is 18.7 Å². The summed E-state index contributed by atoms with van der Waals surface area (Å²) >= 11 is 1.74. The Kier molecular flexibility index (Phi) is 2.44. The lowest BCUT2D eigenvalue weighted by Crippen LogP contribution is -1.93. The highest BCUT2D eigenvalue weighted by atomic mass is 32.2. The predicted octanol–water partition coefficient (Wildman–Crippen LogP) is 1.42. The summed E-state index contributed by atoms with van der Waals surface area (Å²) in [5, 5.41) is 4.10. The number of thioether (sulfide) groups is 1. The van der Waals surface area contributed by atoms with Crippen LogP contribution in [0.1, 0.15) is 12.6 Å². The molecule has 11 heavy (non-hydrogen) atoms. The zero-order chi connectivity index (χ0) is 8.43. The van der Waals surface area contributed by atoms with Crippen LogP contribution in [0.15, 0.2) is 4.90 Å². The van der Waals surface area contributed by atoms with Crippen LogP contribution in [0.2, 0.25) is 0 Å². The van der Waals surface area contributed by atoms with Crippen molar-refractivity contribution >= 4 is 17.6 Å². The smallest absolute Gasteiger partial charge is 0.159 e. The number of aromatic nitrogens is 2. The Morgan fingerprint density at radius 2 is 2.27 bits per heavy atom. The van der Waals surface area contributed by atoms with E-state index < -0.39 is 0 Å². The van der Waals surface area contributed by atoms with Gasteiger partial charge < -0.3 is 5.73 Å². The third-order valence-corrected chi connectivity index (χ3v) is 2.67. The normalized spacial score (nSPS) is 10.5. The number of hydrogen-bond donors (Lipinski definition) is 1. The van der Waals surface area contributed by atoms with E-state index in [1.54, 1.807) is 11.8 Å². The molecule has 0 radical (unpaired) electrons. The Hall–Kier alpha value is -0.640. The largest absolute Gasteiger partial charge is 0.381 e. The van der Waals surface area contributed by atoms with Crippen LogP contribution < -0.4 is 5.73 Å². The summed E-state index contributed by atoms with van der Waals surface area (Å²) in [5.74, 6) is 1.69. The van der Waals surface area contributed by atoms with Crippen LogP contribution in [0, 0.1) is 6.92 Å². The molecule has 2 N–H and O–H groups in total. The van der Waals surface area contributed by atoms with Crippen LogP contribution in [0.25, 0.3) is 0 Å². The highest BCUT2D eigenvalue weighted by Crippen LogP contribution is 2.26. The standard InChI is InChI=1S/C7H13N3S/c1-4-11-6-5(2)10(3)9-7(6)8/h4H2,1-3H3,(H2,8,9). The van der Waals surface area contributed by atoms with Gasteiger partial charge in [-0.2, -0.15) is 5.10 Å². The third-order valence-electron chi connectivity index (χ3n) is 1.59. The summed E-state index contributed by atoms with van der Waals surface area (Å²) in [5.41, 5.74) is 6.82. The third kappa shape index (κ3) is 1.50. The van der Waals surface area contributed by atoms with Crippen LogP contribution >= 0.6 is 11.8 Å². The van der Waals surface area contributed by atoms with Gasteiger partial charge in [0.15, 0.2) is 5.82 Å². The quantitative estimate of drug-likeness (QED) is 0.684. The molecular weight excluding hydrogens is 158 g/mol. The fraction of sp³-hybridized carbons (Fsp3) is 0.571. The van der Waals surface area contributed by atoms with Gasteiger partial charge >= 0.3 is 0 Å². The first-order chi connectivity index (χ1) is 5.16. The lowest BCUT2D eigenvalue weighted by atomic mass is 10.5. The monoisotopic (exact) mass is 171 g/mol. The molecule has 0 saturated heterocycles. The van der Waals surface area contributed by atoms with Gasteiger partial charge in [-0.05, 0) is 12.7 Å². The lowest BCUT2D eigenvalue weighted by Gasteiger charge is -1.96. The maximum Gasteiger partial charge on any atom is 0.159 e. The molecule has 0 aliphatic rings. The molecule has 0 aromatic carbocycles. The minimum Gasteiger partial charge on any atom is -0.381 e. The van der Waals surface area contributed by atoms with E-state index in [2.05, 4.69) is 12.0 Å². The molecule has 0 aliphatic carbocycles. The molecule has 0 saturated carbocycles. The van der Waals surface area contributed by atoms with E-state index in [0.717, 1.165) is 16.3 Å². The topological polar surface area (TPSA) is 43.8 Å². The molecular formula is C7H13N3S. The Labute approximate surface area is 71.0 Å². The van der Waals surface area contributed by atoms with Crippen LogP contribution in [0.3, 0.4) is 0 Å². The molecule has 62 valence electrons. The van der Waals surface area contributed by atoms with Gasteiger partial charge in [-0.25, -0.2) is 0 Å². The van der Waals surface area contributed by atoms with Gasteiger partial charge in [0.25, 0.3) is 0 Å². The van der Waals surface area contributed by atoms with Crippen LogP contribution in [-0.2, 0) is 7.05 Å². The van der Waals surface area contributed by atoms with E-state index in [0.29, 0.717) is 5.82 Å². The van der Waals surface area contributed by atoms with E-state index in [-0.39, 0.29) is 0 Å². The highest BCUT2D eigenvalue weighted by Gasteiger charge is 2.08. The van der Waals surface area contributed by atoms with Gasteiger partial charge in [0.1, 0.15) is 0 Å². The second kappa shape index (κ2) is 3.17. The van der Waals surface area contributed by atoms with E-state index >= 15 is 0 Å². The Morgan fingerprint density at radius 1 is 1.64 bits per heavy atom. The minimum atomic E-state index is 0.650. The van der Waals surface area contributed by atoms with Crippen molar-refractivity contribution < 1.29 is 0 Å². The number of anilines is 1. The lowest BCUT2D eigenvalue weighted by molar-refractivity contribution is 0.740. The van der Waals surface area contributed by atoms with Crippen molar-refractivity contribution in [2.45, 2.75) is 18.7 Å². The van der Waals surface area contributed by atoms with Gasteiger partial charge in [0.05, 0.1) is 10.6 Å². The molecule has 1 heterocycles. The number of hydrogen-bond acceptors (Lipinski definition) is 3. The summed E-state index contributed by atoms with van der Waals surface area (Å²) in [6.07, 6.45) is 0. The SMILES string of the molecule is CCSc1c(N)nn(C)c1C. The minimum absolute atomic E-state index is 0.650. The average molecular weight is 171 g/mol. The summed E-state index contributed by atoms with van der Waals surface area (Å²) < 4.78 is 1.81. The number of nitrogen functional groups attached to an aromatic ring is 1. The van der Waals surface area contributed by atoms with Crippen molar-refractivity contribution in [1.29, 1.82) is 0 Å². The number of rotatable bonds is 2. The zero-order valence-corrected chi connectivity index (χ0v) is 7.90. The van der Waals surface area contributed by atoms with Crippen molar-refractivity contribution in [3.05, 3.63) is 5.69 Å². The Bertz CT molecular complexity index is 254. The van der Waals surface area contributed by atoms with E-state index in [4.69, 9.17) is 5.73 Å². The molecule has 0 bridgehead atoms. The molecule has 4 heteroatoms. The summed E-state index contributed by atoms with van der Waals surface area (Å²) in [6.45, 7) is 4.14. The van der Waals surface area contributed by atoms with Crippen molar-refractivity contribution in [3.8, 4) is 0 Å². The van der Waals surface area contributed by atoms with Crippen LogP contribution in [-0.4, -0.2) is 15.5 Å². The summed E-state index contributed by atoms with van der Waals surface area (Å²) in [7, 11) is 1.91. The second-order valence-electron chi connectivity index (χ2n) is 2.36. The fourth-order valence-corrected chi connectivity index (χ4v) is 1.76. The van der Waals surface area contributed by atoms with Gasteiger partial charge in [-0.15, -0.1) is 11.8 Å². The van der Waals surface area contributed by atoms with Crippen molar-refractivity contribution in [3.63, 3.8) is 0 Å². The zero-order valence-electron chi connectivity index (χ0n) is 7.09. The first-order valence-corrected chi connectivity index (χ1v) is 4.57. The molecule has 0 aliphatic heterocycles. The molecule has 0 atom stereocenters. The molecule has 0 unspecified atom stereocenters. The van der Waals surface area contributed by atoms with Crippen LogP contribution in [0.4, 0.5) is 5.82 Å². The molecule has 1 aromatic rings. The molecule has 0 amide bonds. The highest BCUT2D eigenvalue weighted by molar-refractivity contribution is 7.99. The summed E-state index contributed by atoms with van der Waals surface area (Å²) in [6, 6.07) is 0. The molecule has 3 nitrogen and oxygen atoms in total. The number of aryl methyl sites for hydroxylation is 1. The van der Waals surface area contributed by atoms with Gasteiger partial charge in [0.2, 0.25) is 0 Å². The molecule has 1 aromatic heterocycles. The molecule has 1 rings (SSSR count). The predicted molar refractivity (Wildman–Crippen MR) is 48.8 cm³/mol. The maximum atomic E-state index is 5.68. The van der Waals surface area contributed by atoms with E-state index in [1.165, 1.54) is 0 Å². The van der Waals surface area contributed by atoms with Gasteiger partial charge in [-0.3, -0.25) is 4.68 Å². The van der Waals surface area contributed by atoms with Crippen molar-refractivity contribution in [2.24, 2.45) is 7.05 Å². The molecule has 0 spiro atoms. The first-order valence-electron chi connectivity index (χ1n) is 3.58. The van der Waals surface area contributed by atoms with Crippen molar-refractivity contribution in [2.75, 3.05) is 11.5 Å².